The highest BCUT2D eigenvalue weighted by molar-refractivity contribution is 7.18. The zero-order chi connectivity index (χ0) is 14.2. The maximum atomic E-state index is 4.74. The van der Waals surface area contributed by atoms with Crippen LogP contribution in [0.25, 0.3) is 10.2 Å². The van der Waals surface area contributed by atoms with Gasteiger partial charge in [-0.15, -0.1) is 11.3 Å². The highest BCUT2D eigenvalue weighted by Crippen LogP contribution is 2.31. The van der Waals surface area contributed by atoms with E-state index >= 15 is 0 Å². The monoisotopic (exact) mass is 297 g/mol. The predicted octanol–water partition coefficient (Wildman–Crippen LogP) is 3.74. The Bertz CT molecular complexity index is 738. The number of para-hydroxylation sites is 1. The molecular formula is C17H19N3S. The van der Waals surface area contributed by atoms with Gasteiger partial charge in [-0.05, 0) is 49.6 Å². The van der Waals surface area contributed by atoms with Gasteiger partial charge in [0.1, 0.15) is 5.01 Å². The summed E-state index contributed by atoms with van der Waals surface area (Å²) >= 11 is 1.80. The Labute approximate surface area is 128 Å². The van der Waals surface area contributed by atoms with Crippen LogP contribution < -0.4 is 5.32 Å². The fraction of sp³-hybridized carbons (Fsp3) is 0.353. The molecule has 1 atom stereocenters. The number of nitrogens with one attached hydrogen (secondary N) is 1. The van der Waals surface area contributed by atoms with Crippen LogP contribution in [0.2, 0.25) is 0 Å². The summed E-state index contributed by atoms with van der Waals surface area (Å²) in [5.41, 5.74) is 4.09. The second kappa shape index (κ2) is 5.28. The first-order valence-electron chi connectivity index (χ1n) is 7.54. The molecule has 0 saturated heterocycles. The molecule has 4 rings (SSSR count). The minimum atomic E-state index is 0.519. The van der Waals surface area contributed by atoms with Crippen molar-refractivity contribution in [3.63, 3.8) is 0 Å². The van der Waals surface area contributed by atoms with Crippen molar-refractivity contribution in [1.29, 1.82) is 0 Å². The Morgan fingerprint density at radius 1 is 1.33 bits per heavy atom. The highest BCUT2D eigenvalue weighted by atomic mass is 32.1. The summed E-state index contributed by atoms with van der Waals surface area (Å²) in [6, 6.07) is 8.89. The van der Waals surface area contributed by atoms with Gasteiger partial charge in [0.15, 0.2) is 0 Å². The minimum Gasteiger partial charge on any atom is -0.347 e. The van der Waals surface area contributed by atoms with Crippen molar-refractivity contribution in [3.8, 4) is 0 Å². The fourth-order valence-corrected chi connectivity index (χ4v) is 4.26. The van der Waals surface area contributed by atoms with Gasteiger partial charge >= 0.3 is 0 Å². The second-order valence-electron chi connectivity index (χ2n) is 5.72. The number of hydrogen-bond acceptors (Lipinski definition) is 3. The third-order valence-corrected chi connectivity index (χ3v) is 5.34. The first-order chi connectivity index (χ1) is 10.3. The van der Waals surface area contributed by atoms with Gasteiger partial charge in [-0.1, -0.05) is 12.1 Å². The summed E-state index contributed by atoms with van der Waals surface area (Å²) in [4.78, 5) is 4.74. The summed E-state index contributed by atoms with van der Waals surface area (Å²) in [6.07, 6.45) is 8.35. The summed E-state index contributed by atoms with van der Waals surface area (Å²) in [7, 11) is 2.06. The topological polar surface area (TPSA) is 29.9 Å². The van der Waals surface area contributed by atoms with Crippen LogP contribution in [0.15, 0.2) is 36.7 Å². The lowest BCUT2D eigenvalue weighted by atomic mass is 9.91. The highest BCUT2D eigenvalue weighted by Gasteiger charge is 2.20. The molecule has 3 nitrogen and oxygen atoms in total. The number of aromatic nitrogens is 2. The van der Waals surface area contributed by atoms with Crippen LogP contribution in [0.4, 0.5) is 0 Å². The molecule has 3 aromatic rings. The molecule has 4 heteroatoms. The smallest absolute Gasteiger partial charge is 0.114 e. The number of benzene rings is 1. The summed E-state index contributed by atoms with van der Waals surface area (Å²) in [6.45, 7) is 0.878. The lowest BCUT2D eigenvalue weighted by Gasteiger charge is -2.21. The van der Waals surface area contributed by atoms with Gasteiger partial charge in [0, 0.05) is 18.4 Å². The van der Waals surface area contributed by atoms with E-state index in [2.05, 4.69) is 53.6 Å². The molecule has 0 saturated carbocycles. The van der Waals surface area contributed by atoms with Gasteiger partial charge in [-0.3, -0.25) is 0 Å². The standard InChI is InChI=1S/C17H19N3S/c1-18-14-7-4-5-12-9-20(10-13(12)14)11-17-19-15-6-2-3-8-16(15)21-17/h2-3,6,8-10,14,18H,4-5,7,11H2,1H3. The van der Waals surface area contributed by atoms with Crippen molar-refractivity contribution >= 4 is 21.6 Å². The molecular weight excluding hydrogens is 278 g/mol. The number of thiazole rings is 1. The van der Waals surface area contributed by atoms with Crippen molar-refractivity contribution in [3.05, 3.63) is 52.8 Å². The number of rotatable bonds is 3. The Morgan fingerprint density at radius 2 is 2.24 bits per heavy atom. The van der Waals surface area contributed by atoms with Crippen LogP contribution in [0.3, 0.4) is 0 Å². The quantitative estimate of drug-likeness (QED) is 0.798. The van der Waals surface area contributed by atoms with Gasteiger partial charge in [0.2, 0.25) is 0 Å². The van der Waals surface area contributed by atoms with Crippen LogP contribution in [-0.4, -0.2) is 16.6 Å². The molecule has 0 spiro atoms. The van der Waals surface area contributed by atoms with Gasteiger partial charge < -0.3 is 9.88 Å². The van der Waals surface area contributed by atoms with E-state index in [1.165, 1.54) is 40.1 Å². The van der Waals surface area contributed by atoms with Crippen LogP contribution in [0.1, 0.15) is 35.0 Å². The number of hydrogen-bond donors (Lipinski definition) is 1. The van der Waals surface area contributed by atoms with E-state index in [1.54, 1.807) is 11.3 Å². The van der Waals surface area contributed by atoms with Crippen molar-refractivity contribution in [2.24, 2.45) is 0 Å². The molecule has 0 bridgehead atoms. The maximum absolute atomic E-state index is 4.74. The molecule has 1 aliphatic carbocycles. The molecule has 21 heavy (non-hydrogen) atoms. The Morgan fingerprint density at radius 3 is 3.10 bits per heavy atom. The zero-order valence-corrected chi connectivity index (χ0v) is 13.0. The number of fused-ring (bicyclic) bond motifs is 2. The van der Waals surface area contributed by atoms with Gasteiger partial charge in [0.25, 0.3) is 0 Å². The average Bonchev–Trinajstić information content (AvgIpc) is 3.09. The largest absolute Gasteiger partial charge is 0.347 e. The first-order valence-corrected chi connectivity index (χ1v) is 8.35. The molecule has 1 N–H and O–H groups in total. The molecule has 0 amide bonds. The first kappa shape index (κ1) is 13.0. The lowest BCUT2D eigenvalue weighted by molar-refractivity contribution is 0.498. The van der Waals surface area contributed by atoms with E-state index in [0.29, 0.717) is 6.04 Å². The van der Waals surface area contributed by atoms with E-state index < -0.39 is 0 Å². The molecule has 0 fully saturated rings. The molecule has 0 aliphatic heterocycles. The molecule has 1 aromatic carbocycles. The third-order valence-electron chi connectivity index (χ3n) is 4.32. The Balaban J connectivity index is 1.64. The summed E-state index contributed by atoms with van der Waals surface area (Å²) < 4.78 is 3.58. The van der Waals surface area contributed by atoms with Crippen LogP contribution in [0, 0.1) is 0 Å². The SMILES string of the molecule is CNC1CCCc2cn(Cc3nc4ccccc4s3)cc21. The summed E-state index contributed by atoms with van der Waals surface area (Å²) in [5.74, 6) is 0. The average molecular weight is 297 g/mol. The molecule has 2 aromatic heterocycles. The van der Waals surface area contributed by atoms with Crippen LogP contribution in [0.5, 0.6) is 0 Å². The van der Waals surface area contributed by atoms with Crippen molar-refractivity contribution in [2.45, 2.75) is 31.8 Å². The third kappa shape index (κ3) is 2.39. The molecule has 2 heterocycles. The molecule has 108 valence electrons. The Kier molecular flexibility index (Phi) is 3.28. The normalized spacial score (nSPS) is 18.0. The van der Waals surface area contributed by atoms with Crippen molar-refractivity contribution < 1.29 is 0 Å². The summed E-state index contributed by atoms with van der Waals surface area (Å²) in [5, 5.41) is 4.62. The molecule has 1 unspecified atom stereocenters. The molecule has 1 aliphatic rings. The van der Waals surface area contributed by atoms with E-state index in [4.69, 9.17) is 4.98 Å². The van der Waals surface area contributed by atoms with Gasteiger partial charge in [-0.2, -0.15) is 0 Å². The van der Waals surface area contributed by atoms with Gasteiger partial charge in [0.05, 0.1) is 16.8 Å². The van der Waals surface area contributed by atoms with E-state index in [9.17, 15) is 0 Å². The van der Waals surface area contributed by atoms with E-state index in [-0.39, 0.29) is 0 Å². The maximum Gasteiger partial charge on any atom is 0.114 e. The predicted molar refractivity (Wildman–Crippen MR) is 87.9 cm³/mol. The van der Waals surface area contributed by atoms with E-state index in [1.807, 2.05) is 0 Å². The second-order valence-corrected chi connectivity index (χ2v) is 6.84. The Hall–Kier alpha value is -1.65. The lowest BCUT2D eigenvalue weighted by Crippen LogP contribution is -2.20. The van der Waals surface area contributed by atoms with Crippen molar-refractivity contribution in [1.82, 2.24) is 14.9 Å². The fourth-order valence-electron chi connectivity index (χ4n) is 3.28. The van der Waals surface area contributed by atoms with Crippen LogP contribution in [-0.2, 0) is 13.0 Å². The van der Waals surface area contributed by atoms with Gasteiger partial charge in [-0.25, -0.2) is 4.98 Å². The van der Waals surface area contributed by atoms with Crippen LogP contribution >= 0.6 is 11.3 Å². The van der Waals surface area contributed by atoms with Crippen molar-refractivity contribution in [2.75, 3.05) is 7.05 Å². The number of nitrogens with zero attached hydrogens (tertiary/aromatic N) is 2. The molecule has 0 radical (unpaired) electrons. The number of aryl methyl sites for hydroxylation is 1. The minimum absolute atomic E-state index is 0.519. The zero-order valence-electron chi connectivity index (χ0n) is 12.2. The van der Waals surface area contributed by atoms with E-state index in [0.717, 1.165) is 12.1 Å².